The van der Waals surface area contributed by atoms with Crippen molar-refractivity contribution in [2.75, 3.05) is 31.1 Å². The number of carbonyl (C=O) groups excluding carboxylic acids is 1. The highest BCUT2D eigenvalue weighted by Gasteiger charge is 2.33. The zero-order chi connectivity index (χ0) is 17.4. The first-order valence-corrected chi connectivity index (χ1v) is 9.19. The van der Waals surface area contributed by atoms with Gasteiger partial charge in [0.2, 0.25) is 5.91 Å². The molecule has 4 rings (SSSR count). The minimum Gasteiger partial charge on any atom is -0.423 e. The van der Waals surface area contributed by atoms with Crippen LogP contribution in [0.2, 0.25) is 0 Å². The number of likely N-dealkylation sites (tertiary alicyclic amines) is 1. The Morgan fingerprint density at radius 1 is 1.20 bits per heavy atom. The highest BCUT2D eigenvalue weighted by atomic mass is 16.4. The molecule has 1 N–H and O–H groups in total. The van der Waals surface area contributed by atoms with E-state index in [1.54, 1.807) is 0 Å². The summed E-state index contributed by atoms with van der Waals surface area (Å²) >= 11 is 0. The van der Waals surface area contributed by atoms with Gasteiger partial charge in [-0.1, -0.05) is 19.1 Å². The number of anilines is 1. The van der Waals surface area contributed by atoms with Gasteiger partial charge >= 0.3 is 0 Å². The Morgan fingerprint density at radius 2 is 1.96 bits per heavy atom. The van der Waals surface area contributed by atoms with Crippen molar-refractivity contribution in [1.82, 2.24) is 9.88 Å². The molecule has 2 saturated heterocycles. The number of nitrogens with zero attached hydrogens (tertiary/aromatic N) is 3. The second-order valence-electron chi connectivity index (χ2n) is 7.34. The summed E-state index contributed by atoms with van der Waals surface area (Å²) in [6, 6.07) is 8.41. The van der Waals surface area contributed by atoms with Gasteiger partial charge < -0.3 is 19.3 Å². The minimum atomic E-state index is -0.391. The van der Waals surface area contributed by atoms with E-state index in [2.05, 4.69) is 9.88 Å². The van der Waals surface area contributed by atoms with Gasteiger partial charge in [0.05, 0.1) is 6.10 Å². The Kier molecular flexibility index (Phi) is 4.37. The van der Waals surface area contributed by atoms with Crippen molar-refractivity contribution in [3.05, 3.63) is 24.3 Å². The number of fused-ring (bicyclic) bond motifs is 1. The molecule has 0 bridgehead atoms. The van der Waals surface area contributed by atoms with Crippen LogP contribution in [0.4, 0.5) is 6.01 Å². The zero-order valence-electron chi connectivity index (χ0n) is 14.6. The second kappa shape index (κ2) is 6.67. The van der Waals surface area contributed by atoms with E-state index < -0.39 is 6.10 Å². The molecule has 2 aromatic rings. The molecule has 6 heteroatoms. The van der Waals surface area contributed by atoms with Crippen LogP contribution in [0.5, 0.6) is 0 Å². The maximum Gasteiger partial charge on any atom is 0.298 e. The van der Waals surface area contributed by atoms with Crippen LogP contribution in [0.15, 0.2) is 28.7 Å². The Hall–Kier alpha value is -2.08. The van der Waals surface area contributed by atoms with Crippen molar-refractivity contribution in [3.8, 4) is 0 Å². The number of piperidine rings is 2. The lowest BCUT2D eigenvalue weighted by molar-refractivity contribution is -0.140. The summed E-state index contributed by atoms with van der Waals surface area (Å²) in [5.41, 5.74) is 1.67. The van der Waals surface area contributed by atoms with Crippen LogP contribution in [0.25, 0.3) is 11.1 Å². The maximum atomic E-state index is 12.7. The summed E-state index contributed by atoms with van der Waals surface area (Å²) in [4.78, 5) is 21.3. The molecule has 0 saturated carbocycles. The first-order valence-electron chi connectivity index (χ1n) is 9.19. The molecule has 2 fully saturated rings. The number of carbonyl (C=O) groups is 1. The van der Waals surface area contributed by atoms with Gasteiger partial charge in [-0.15, -0.1) is 0 Å². The zero-order valence-corrected chi connectivity index (χ0v) is 14.6. The van der Waals surface area contributed by atoms with Crippen molar-refractivity contribution in [3.63, 3.8) is 0 Å². The molecule has 2 atom stereocenters. The first kappa shape index (κ1) is 16.4. The summed E-state index contributed by atoms with van der Waals surface area (Å²) in [5, 5.41) is 10.0. The van der Waals surface area contributed by atoms with Gasteiger partial charge in [-0.2, -0.15) is 4.98 Å². The van der Waals surface area contributed by atoms with E-state index in [0.29, 0.717) is 12.6 Å². The van der Waals surface area contributed by atoms with E-state index in [9.17, 15) is 9.90 Å². The van der Waals surface area contributed by atoms with Crippen LogP contribution in [-0.2, 0) is 4.79 Å². The number of aliphatic hydroxyl groups is 1. The third-order valence-electron chi connectivity index (χ3n) is 5.63. The SMILES string of the molecule is CC1CCN(C(=O)C2CCN(c3nc4ccccc4o3)CC2)CC1O. The van der Waals surface area contributed by atoms with E-state index in [1.165, 1.54) is 0 Å². The van der Waals surface area contributed by atoms with Gasteiger partial charge in [0.15, 0.2) is 5.58 Å². The smallest absolute Gasteiger partial charge is 0.298 e. The molecule has 1 aromatic heterocycles. The highest BCUT2D eigenvalue weighted by molar-refractivity contribution is 5.79. The molecular formula is C19H25N3O3. The fourth-order valence-electron chi connectivity index (χ4n) is 3.82. The van der Waals surface area contributed by atoms with Gasteiger partial charge in [0, 0.05) is 32.1 Å². The molecule has 0 aliphatic carbocycles. The predicted octanol–water partition coefficient (Wildman–Crippen LogP) is 2.27. The van der Waals surface area contributed by atoms with Crippen LogP contribution in [0.3, 0.4) is 0 Å². The molecule has 0 radical (unpaired) electrons. The number of amides is 1. The Balaban J connectivity index is 1.37. The summed E-state index contributed by atoms with van der Waals surface area (Å²) in [7, 11) is 0. The van der Waals surface area contributed by atoms with E-state index in [-0.39, 0.29) is 17.7 Å². The molecular weight excluding hydrogens is 318 g/mol. The maximum absolute atomic E-state index is 12.7. The lowest BCUT2D eigenvalue weighted by Crippen LogP contribution is -2.49. The third kappa shape index (κ3) is 3.23. The molecule has 134 valence electrons. The lowest BCUT2D eigenvalue weighted by Gasteiger charge is -2.38. The van der Waals surface area contributed by atoms with Gasteiger partial charge in [0.25, 0.3) is 6.01 Å². The standard InChI is InChI=1S/C19H25N3O3/c1-13-6-9-22(12-16(13)23)18(24)14-7-10-21(11-8-14)19-20-15-4-2-3-5-17(15)25-19/h2-5,13-14,16,23H,6-12H2,1H3. The van der Waals surface area contributed by atoms with E-state index >= 15 is 0 Å². The molecule has 2 aliphatic rings. The Morgan fingerprint density at radius 3 is 2.68 bits per heavy atom. The monoisotopic (exact) mass is 343 g/mol. The van der Waals surface area contributed by atoms with Gasteiger partial charge in [-0.25, -0.2) is 0 Å². The van der Waals surface area contributed by atoms with Crippen LogP contribution >= 0.6 is 0 Å². The van der Waals surface area contributed by atoms with Crippen molar-refractivity contribution in [2.45, 2.75) is 32.3 Å². The summed E-state index contributed by atoms with van der Waals surface area (Å²) in [6.45, 7) is 4.84. The molecule has 1 aromatic carbocycles. The number of para-hydroxylation sites is 2. The average Bonchev–Trinajstić information content (AvgIpc) is 3.08. The first-order chi connectivity index (χ1) is 12.1. The number of oxazole rings is 1. The molecule has 3 heterocycles. The molecule has 2 unspecified atom stereocenters. The van der Waals surface area contributed by atoms with E-state index in [4.69, 9.17) is 4.42 Å². The fourth-order valence-corrected chi connectivity index (χ4v) is 3.82. The van der Waals surface area contributed by atoms with Gasteiger partial charge in [-0.3, -0.25) is 4.79 Å². The molecule has 2 aliphatic heterocycles. The van der Waals surface area contributed by atoms with Crippen LogP contribution in [-0.4, -0.2) is 53.2 Å². The van der Waals surface area contributed by atoms with Crippen molar-refractivity contribution in [2.24, 2.45) is 11.8 Å². The topological polar surface area (TPSA) is 69.8 Å². The normalized spacial score (nSPS) is 25.5. The number of β-amino-alcohol motifs (C(OH)–C–C–N with tert-alkyl or cyclic N) is 1. The highest BCUT2D eigenvalue weighted by Crippen LogP contribution is 2.28. The van der Waals surface area contributed by atoms with Crippen molar-refractivity contribution in [1.29, 1.82) is 0 Å². The fraction of sp³-hybridized carbons (Fsp3) is 0.579. The molecule has 1 amide bonds. The van der Waals surface area contributed by atoms with Crippen molar-refractivity contribution < 1.29 is 14.3 Å². The van der Waals surface area contributed by atoms with E-state index in [0.717, 1.165) is 50.0 Å². The number of hydrogen-bond donors (Lipinski definition) is 1. The van der Waals surface area contributed by atoms with Gasteiger partial charge in [-0.05, 0) is 37.3 Å². The Labute approximate surface area is 147 Å². The van der Waals surface area contributed by atoms with E-state index in [1.807, 2.05) is 36.1 Å². The third-order valence-corrected chi connectivity index (χ3v) is 5.63. The van der Waals surface area contributed by atoms with Crippen LogP contribution in [0, 0.1) is 11.8 Å². The molecule has 0 spiro atoms. The average molecular weight is 343 g/mol. The summed E-state index contributed by atoms with van der Waals surface area (Å²) < 4.78 is 5.83. The summed E-state index contributed by atoms with van der Waals surface area (Å²) in [6.07, 6.45) is 2.10. The quantitative estimate of drug-likeness (QED) is 0.906. The number of hydrogen-bond acceptors (Lipinski definition) is 5. The van der Waals surface area contributed by atoms with Crippen molar-refractivity contribution >= 4 is 23.0 Å². The minimum absolute atomic E-state index is 0.0428. The number of rotatable bonds is 2. The van der Waals surface area contributed by atoms with Crippen LogP contribution < -0.4 is 4.90 Å². The largest absolute Gasteiger partial charge is 0.423 e. The molecule has 25 heavy (non-hydrogen) atoms. The van der Waals surface area contributed by atoms with Gasteiger partial charge in [0.1, 0.15) is 5.52 Å². The predicted molar refractivity (Wildman–Crippen MR) is 95.3 cm³/mol. The number of aliphatic hydroxyl groups excluding tert-OH is 1. The lowest BCUT2D eigenvalue weighted by atomic mass is 9.91. The Bertz CT molecular complexity index is 718. The molecule has 6 nitrogen and oxygen atoms in total. The number of benzene rings is 1. The number of aromatic nitrogens is 1. The summed E-state index contributed by atoms with van der Waals surface area (Å²) in [5.74, 6) is 0.523. The second-order valence-corrected chi connectivity index (χ2v) is 7.34. The van der Waals surface area contributed by atoms with Crippen LogP contribution in [0.1, 0.15) is 26.2 Å².